The van der Waals surface area contributed by atoms with Crippen LogP contribution in [0.4, 0.5) is 0 Å². The van der Waals surface area contributed by atoms with Gasteiger partial charge < -0.3 is 0 Å². The van der Waals surface area contributed by atoms with Gasteiger partial charge in [0.25, 0.3) is 0 Å². The Morgan fingerprint density at radius 2 is 2.05 bits per heavy atom. The molecule has 6 heteroatoms. The molecule has 102 valence electrons. The number of nitrogens with zero attached hydrogens (tertiary/aromatic N) is 2. The van der Waals surface area contributed by atoms with Crippen LogP contribution in [0.5, 0.6) is 0 Å². The van der Waals surface area contributed by atoms with Gasteiger partial charge in [0, 0.05) is 22.6 Å². The number of aromatic nitrogens is 2. The van der Waals surface area contributed by atoms with Crippen molar-refractivity contribution < 1.29 is 0 Å². The summed E-state index contributed by atoms with van der Waals surface area (Å²) < 4.78 is 2.01. The maximum absolute atomic E-state index is 6.29. The molecule has 0 saturated carbocycles. The van der Waals surface area contributed by atoms with Crippen molar-refractivity contribution in [3.63, 3.8) is 0 Å². The summed E-state index contributed by atoms with van der Waals surface area (Å²) in [5.41, 5.74) is 3.14. The largest absolute Gasteiger partial charge is 0.281 e. The number of rotatable bonds is 4. The lowest BCUT2D eigenvalue weighted by Crippen LogP contribution is -1.99. The topological polar surface area (TPSA) is 31.9 Å². The quantitative estimate of drug-likeness (QED) is 0.859. The lowest BCUT2D eigenvalue weighted by molar-refractivity contribution is 0.702. The zero-order valence-electron chi connectivity index (χ0n) is 11.0. The summed E-state index contributed by atoms with van der Waals surface area (Å²) in [6.45, 7) is 1.96. The van der Waals surface area contributed by atoms with Gasteiger partial charge in [-0.3, -0.25) is 9.40 Å². The van der Waals surface area contributed by atoms with Crippen molar-refractivity contribution in [2.45, 2.75) is 18.2 Å². The molecule has 0 unspecified atom stereocenters. The number of nitrogens with one attached hydrogen (secondary N) is 1. The number of H-pyrrole nitrogens is 1. The van der Waals surface area contributed by atoms with E-state index in [0.717, 1.165) is 33.2 Å². The lowest BCUT2D eigenvalue weighted by atomic mass is 10.1. The fraction of sp³-hybridized carbons (Fsp3) is 0.308. The molecule has 0 aliphatic heterocycles. The Labute approximate surface area is 127 Å². The minimum absolute atomic E-state index is 0.528. The molecule has 2 rings (SSSR count). The van der Waals surface area contributed by atoms with Crippen molar-refractivity contribution in [3.8, 4) is 0 Å². The molecule has 0 aliphatic carbocycles. The molecule has 1 N–H and O–H groups in total. The average molecular weight is 316 g/mol. The molecule has 0 amide bonds. The molecular formula is C13H15Cl2N3S. The Morgan fingerprint density at radius 1 is 1.32 bits per heavy atom. The molecule has 3 nitrogen and oxygen atoms in total. The maximum Gasteiger partial charge on any atom is 0.154 e. The summed E-state index contributed by atoms with van der Waals surface area (Å²) in [7, 11) is 3.98. The number of aromatic amines is 1. The van der Waals surface area contributed by atoms with Gasteiger partial charge in [0.15, 0.2) is 5.15 Å². The third kappa shape index (κ3) is 3.66. The molecule has 0 atom stereocenters. The molecule has 0 spiro atoms. The molecule has 1 heterocycles. The average Bonchev–Trinajstić information content (AvgIpc) is 2.64. The van der Waals surface area contributed by atoms with Crippen molar-refractivity contribution in [2.24, 2.45) is 0 Å². The van der Waals surface area contributed by atoms with E-state index >= 15 is 0 Å². The first kappa shape index (κ1) is 14.7. The van der Waals surface area contributed by atoms with Gasteiger partial charge in [-0.1, -0.05) is 29.3 Å². The molecule has 2 aromatic rings. The number of halogens is 2. The first-order valence-corrected chi connectivity index (χ1v) is 7.33. The molecule has 0 radical (unpaired) electrons. The van der Waals surface area contributed by atoms with E-state index in [4.69, 9.17) is 23.2 Å². The maximum atomic E-state index is 6.29. The Bertz CT molecular complexity index is 562. The van der Waals surface area contributed by atoms with Crippen LogP contribution in [-0.2, 0) is 6.42 Å². The Hall–Kier alpha value is -0.680. The Balaban J connectivity index is 2.21. The van der Waals surface area contributed by atoms with E-state index < -0.39 is 0 Å². The van der Waals surface area contributed by atoms with E-state index in [1.807, 2.05) is 37.5 Å². The van der Waals surface area contributed by atoms with Crippen molar-refractivity contribution in [3.05, 3.63) is 45.2 Å². The molecule has 1 aromatic carbocycles. The predicted molar refractivity (Wildman–Crippen MR) is 82.1 cm³/mol. The van der Waals surface area contributed by atoms with Gasteiger partial charge in [-0.2, -0.15) is 5.10 Å². The second-order valence-electron chi connectivity index (χ2n) is 4.46. The number of hydrogen-bond acceptors (Lipinski definition) is 3. The van der Waals surface area contributed by atoms with Crippen LogP contribution in [0, 0.1) is 6.92 Å². The van der Waals surface area contributed by atoms with Crippen molar-refractivity contribution in [2.75, 3.05) is 14.1 Å². The normalized spacial score (nSPS) is 11.3. The minimum Gasteiger partial charge on any atom is -0.281 e. The van der Waals surface area contributed by atoms with Crippen LogP contribution in [0.1, 0.15) is 16.8 Å². The van der Waals surface area contributed by atoms with Gasteiger partial charge in [-0.05, 0) is 50.7 Å². The molecule has 0 saturated heterocycles. The zero-order chi connectivity index (χ0) is 14.0. The monoisotopic (exact) mass is 315 g/mol. The summed E-state index contributed by atoms with van der Waals surface area (Å²) in [6, 6.07) is 6.09. The fourth-order valence-electron chi connectivity index (χ4n) is 1.76. The number of hydrogen-bond donors (Lipinski definition) is 1. The van der Waals surface area contributed by atoms with Crippen molar-refractivity contribution in [1.82, 2.24) is 14.5 Å². The fourth-order valence-corrected chi connectivity index (χ4v) is 2.98. The highest BCUT2D eigenvalue weighted by Gasteiger charge is 2.10. The van der Waals surface area contributed by atoms with Crippen LogP contribution in [0.25, 0.3) is 0 Å². The summed E-state index contributed by atoms with van der Waals surface area (Å²) in [4.78, 5) is 1.05. The van der Waals surface area contributed by atoms with E-state index in [1.54, 1.807) is 11.9 Å². The summed E-state index contributed by atoms with van der Waals surface area (Å²) >= 11 is 13.9. The van der Waals surface area contributed by atoms with Crippen molar-refractivity contribution >= 4 is 35.1 Å². The second kappa shape index (κ2) is 6.18. The Kier molecular flexibility index (Phi) is 4.79. The number of benzene rings is 1. The van der Waals surface area contributed by atoms with Gasteiger partial charge in [-0.25, -0.2) is 0 Å². The highest BCUT2D eigenvalue weighted by molar-refractivity contribution is 7.97. The molecular weight excluding hydrogens is 301 g/mol. The van der Waals surface area contributed by atoms with E-state index in [-0.39, 0.29) is 0 Å². The van der Waals surface area contributed by atoms with Crippen LogP contribution in [0.15, 0.2) is 23.1 Å². The van der Waals surface area contributed by atoms with Gasteiger partial charge in [0.2, 0.25) is 0 Å². The second-order valence-corrected chi connectivity index (χ2v) is 6.58. The molecule has 19 heavy (non-hydrogen) atoms. The first-order chi connectivity index (χ1) is 8.97. The standard InChI is InChI=1S/C13H15Cl2N3S/c1-8-10(13(15)17-16-8)6-9-4-5-12(11(14)7-9)19-18(2)3/h4-5,7H,6H2,1-3H3,(H,16,17). The van der Waals surface area contributed by atoms with Crippen LogP contribution < -0.4 is 0 Å². The zero-order valence-corrected chi connectivity index (χ0v) is 13.3. The van der Waals surface area contributed by atoms with Gasteiger partial charge >= 0.3 is 0 Å². The van der Waals surface area contributed by atoms with Crippen LogP contribution in [0.2, 0.25) is 10.2 Å². The van der Waals surface area contributed by atoms with Crippen LogP contribution >= 0.6 is 35.1 Å². The summed E-state index contributed by atoms with van der Waals surface area (Å²) in [6.07, 6.45) is 0.730. The first-order valence-electron chi connectivity index (χ1n) is 5.80. The molecule has 0 fully saturated rings. The lowest BCUT2D eigenvalue weighted by Gasteiger charge is -2.11. The Morgan fingerprint density at radius 3 is 2.58 bits per heavy atom. The molecule has 1 aromatic heterocycles. The molecule has 0 bridgehead atoms. The van der Waals surface area contributed by atoms with Crippen LogP contribution in [-0.4, -0.2) is 28.6 Å². The van der Waals surface area contributed by atoms with Gasteiger partial charge in [-0.15, -0.1) is 0 Å². The van der Waals surface area contributed by atoms with Crippen molar-refractivity contribution in [1.29, 1.82) is 0 Å². The van der Waals surface area contributed by atoms with Gasteiger partial charge in [0.05, 0.1) is 5.02 Å². The van der Waals surface area contributed by atoms with Crippen LogP contribution in [0.3, 0.4) is 0 Å². The summed E-state index contributed by atoms with van der Waals surface area (Å²) in [5.74, 6) is 0. The highest BCUT2D eigenvalue weighted by Crippen LogP contribution is 2.30. The SMILES string of the molecule is Cc1[nH]nc(Cl)c1Cc1ccc(SN(C)C)c(Cl)c1. The predicted octanol–water partition coefficient (Wildman–Crippen LogP) is 4.18. The van der Waals surface area contributed by atoms with Gasteiger partial charge in [0.1, 0.15) is 0 Å². The van der Waals surface area contributed by atoms with E-state index in [2.05, 4.69) is 16.3 Å². The minimum atomic E-state index is 0.528. The highest BCUT2D eigenvalue weighted by atomic mass is 35.5. The van der Waals surface area contributed by atoms with E-state index in [1.165, 1.54) is 0 Å². The van der Waals surface area contributed by atoms with E-state index in [9.17, 15) is 0 Å². The summed E-state index contributed by atoms with van der Waals surface area (Å²) in [5, 5.41) is 8.16. The smallest absolute Gasteiger partial charge is 0.154 e. The third-order valence-electron chi connectivity index (χ3n) is 2.68. The number of aryl methyl sites for hydroxylation is 1. The molecule has 0 aliphatic rings. The third-order valence-corrected chi connectivity index (χ3v) is 4.34. The van der Waals surface area contributed by atoms with E-state index in [0.29, 0.717) is 5.15 Å².